The van der Waals surface area contributed by atoms with Crippen molar-refractivity contribution in [2.45, 2.75) is 77.3 Å². The summed E-state index contributed by atoms with van der Waals surface area (Å²) in [6.07, 6.45) is 12.6. The summed E-state index contributed by atoms with van der Waals surface area (Å²) in [5.41, 5.74) is 0. The second-order valence-electron chi connectivity index (χ2n) is 5.18. The Bertz CT molecular complexity index is 241. The smallest absolute Gasteiger partial charge is 0.321 e. The third-order valence-corrected chi connectivity index (χ3v) is 3.64. The molecular weight excluding hydrogens is 268 g/mol. The van der Waals surface area contributed by atoms with E-state index in [-0.39, 0.29) is 6.10 Å². The van der Waals surface area contributed by atoms with Gasteiger partial charge in [0.25, 0.3) is 0 Å². The Labute approximate surface area is 130 Å². The predicted molar refractivity (Wildman–Crippen MR) is 86.1 cm³/mol. The van der Waals surface area contributed by atoms with E-state index < -0.39 is 5.97 Å². The standard InChI is InChI=1S/C17H34O4/c1-6-8-10-11-12-13-14-16(21-15-9-7-2)17(18-3,19-4)20-5/h9,15-16H,6-8,10-14H2,1-5H3. The fourth-order valence-corrected chi connectivity index (χ4v) is 2.33. The molecular formula is C17H34O4. The lowest BCUT2D eigenvalue weighted by Gasteiger charge is -2.35. The van der Waals surface area contributed by atoms with E-state index in [0.29, 0.717) is 0 Å². The van der Waals surface area contributed by atoms with E-state index in [9.17, 15) is 0 Å². The van der Waals surface area contributed by atoms with Gasteiger partial charge in [0, 0.05) is 21.3 Å². The SMILES string of the molecule is CCC=COC(CCCCCCCC)C(OC)(OC)OC. The third kappa shape index (κ3) is 7.84. The van der Waals surface area contributed by atoms with Gasteiger partial charge in [-0.1, -0.05) is 52.0 Å². The zero-order chi connectivity index (χ0) is 16.0. The molecule has 126 valence electrons. The van der Waals surface area contributed by atoms with Gasteiger partial charge in [-0.25, -0.2) is 0 Å². The second-order valence-corrected chi connectivity index (χ2v) is 5.18. The van der Waals surface area contributed by atoms with Gasteiger partial charge < -0.3 is 18.9 Å². The molecule has 0 saturated carbocycles. The molecule has 0 fully saturated rings. The molecule has 0 aliphatic heterocycles. The Balaban J connectivity index is 4.41. The van der Waals surface area contributed by atoms with Crippen molar-refractivity contribution in [1.29, 1.82) is 0 Å². The molecule has 0 rings (SSSR count). The van der Waals surface area contributed by atoms with Gasteiger partial charge in [0.15, 0.2) is 6.10 Å². The third-order valence-electron chi connectivity index (χ3n) is 3.64. The fourth-order valence-electron chi connectivity index (χ4n) is 2.33. The van der Waals surface area contributed by atoms with E-state index in [0.717, 1.165) is 19.3 Å². The second kappa shape index (κ2) is 13.1. The Hall–Kier alpha value is -0.580. The molecule has 0 amide bonds. The normalized spacial score (nSPS) is 13.8. The topological polar surface area (TPSA) is 36.9 Å². The van der Waals surface area contributed by atoms with Crippen molar-refractivity contribution in [2.75, 3.05) is 21.3 Å². The van der Waals surface area contributed by atoms with Gasteiger partial charge in [-0.05, 0) is 19.3 Å². The van der Waals surface area contributed by atoms with Gasteiger partial charge in [-0.15, -0.1) is 0 Å². The van der Waals surface area contributed by atoms with Crippen LogP contribution in [-0.4, -0.2) is 33.4 Å². The van der Waals surface area contributed by atoms with Crippen LogP contribution in [0.4, 0.5) is 0 Å². The molecule has 0 radical (unpaired) electrons. The summed E-state index contributed by atoms with van der Waals surface area (Å²) in [7, 11) is 4.73. The molecule has 0 spiro atoms. The highest BCUT2D eigenvalue weighted by Crippen LogP contribution is 2.25. The minimum atomic E-state index is -1.14. The summed E-state index contributed by atoms with van der Waals surface area (Å²) < 4.78 is 22.1. The van der Waals surface area contributed by atoms with Crippen LogP contribution in [0, 0.1) is 0 Å². The molecule has 21 heavy (non-hydrogen) atoms. The maximum Gasteiger partial charge on any atom is 0.321 e. The van der Waals surface area contributed by atoms with E-state index in [1.165, 1.54) is 32.1 Å². The minimum Gasteiger partial charge on any atom is -0.490 e. The molecule has 1 unspecified atom stereocenters. The average Bonchev–Trinajstić information content (AvgIpc) is 2.52. The highest BCUT2D eigenvalue weighted by molar-refractivity contribution is 4.78. The number of allylic oxidation sites excluding steroid dienone is 1. The van der Waals surface area contributed by atoms with Crippen LogP contribution in [0.1, 0.15) is 65.2 Å². The molecule has 4 heteroatoms. The van der Waals surface area contributed by atoms with Crippen LogP contribution >= 0.6 is 0 Å². The molecule has 4 nitrogen and oxygen atoms in total. The molecule has 0 aromatic heterocycles. The van der Waals surface area contributed by atoms with E-state index in [2.05, 4.69) is 13.8 Å². The number of hydrogen-bond donors (Lipinski definition) is 0. The molecule has 0 aromatic rings. The number of rotatable bonds is 14. The first-order valence-corrected chi connectivity index (χ1v) is 8.16. The first-order chi connectivity index (χ1) is 10.2. The van der Waals surface area contributed by atoms with Crippen LogP contribution in [0.3, 0.4) is 0 Å². The monoisotopic (exact) mass is 302 g/mol. The number of ether oxygens (including phenoxy) is 4. The Morgan fingerprint density at radius 1 is 0.857 bits per heavy atom. The van der Waals surface area contributed by atoms with E-state index in [4.69, 9.17) is 18.9 Å². The van der Waals surface area contributed by atoms with Crippen LogP contribution in [0.25, 0.3) is 0 Å². The van der Waals surface area contributed by atoms with Gasteiger partial charge >= 0.3 is 5.97 Å². The molecule has 0 N–H and O–H groups in total. The molecule has 0 aliphatic rings. The first-order valence-electron chi connectivity index (χ1n) is 8.16. The molecule has 0 heterocycles. The summed E-state index contributed by atoms with van der Waals surface area (Å²) >= 11 is 0. The van der Waals surface area contributed by atoms with Crippen LogP contribution in [0.5, 0.6) is 0 Å². The molecule has 0 bridgehead atoms. The van der Waals surface area contributed by atoms with Crippen LogP contribution in [0.15, 0.2) is 12.3 Å². The highest BCUT2D eigenvalue weighted by Gasteiger charge is 2.41. The van der Waals surface area contributed by atoms with Gasteiger partial charge in [0.05, 0.1) is 6.26 Å². The van der Waals surface area contributed by atoms with E-state index in [1.807, 2.05) is 6.08 Å². The van der Waals surface area contributed by atoms with Gasteiger partial charge in [-0.2, -0.15) is 0 Å². The number of methoxy groups -OCH3 is 3. The molecule has 1 atom stereocenters. The maximum atomic E-state index is 5.79. The first kappa shape index (κ1) is 20.4. The lowest BCUT2D eigenvalue weighted by atomic mass is 10.1. The van der Waals surface area contributed by atoms with Crippen molar-refractivity contribution in [2.24, 2.45) is 0 Å². The lowest BCUT2D eigenvalue weighted by molar-refractivity contribution is -0.389. The predicted octanol–water partition coefficient (Wildman–Crippen LogP) is 4.64. The molecule has 0 aromatic carbocycles. The fraction of sp³-hybridized carbons (Fsp3) is 0.882. The Morgan fingerprint density at radius 2 is 1.43 bits per heavy atom. The zero-order valence-corrected chi connectivity index (χ0v) is 14.5. The largest absolute Gasteiger partial charge is 0.490 e. The van der Waals surface area contributed by atoms with Crippen LogP contribution in [0.2, 0.25) is 0 Å². The van der Waals surface area contributed by atoms with Gasteiger partial charge in [-0.3, -0.25) is 0 Å². The van der Waals surface area contributed by atoms with Crippen molar-refractivity contribution >= 4 is 0 Å². The average molecular weight is 302 g/mol. The van der Waals surface area contributed by atoms with Gasteiger partial charge in [0.1, 0.15) is 0 Å². The zero-order valence-electron chi connectivity index (χ0n) is 14.5. The highest BCUT2D eigenvalue weighted by atomic mass is 16.9. The Kier molecular flexibility index (Phi) is 12.7. The quantitative estimate of drug-likeness (QED) is 0.266. The van der Waals surface area contributed by atoms with Crippen molar-refractivity contribution in [1.82, 2.24) is 0 Å². The van der Waals surface area contributed by atoms with Crippen molar-refractivity contribution < 1.29 is 18.9 Å². The summed E-state index contributed by atoms with van der Waals surface area (Å²) in [4.78, 5) is 0. The number of unbranched alkanes of at least 4 members (excludes halogenated alkanes) is 5. The Morgan fingerprint density at radius 3 is 1.95 bits per heavy atom. The maximum absolute atomic E-state index is 5.79. The van der Waals surface area contributed by atoms with Gasteiger partial charge in [0.2, 0.25) is 0 Å². The number of hydrogen-bond acceptors (Lipinski definition) is 4. The molecule has 0 aliphatic carbocycles. The van der Waals surface area contributed by atoms with E-state index >= 15 is 0 Å². The van der Waals surface area contributed by atoms with Crippen molar-refractivity contribution in [3.8, 4) is 0 Å². The summed E-state index contributed by atoms with van der Waals surface area (Å²) in [5, 5.41) is 0. The van der Waals surface area contributed by atoms with Crippen LogP contribution < -0.4 is 0 Å². The lowest BCUT2D eigenvalue weighted by Crippen LogP contribution is -2.48. The van der Waals surface area contributed by atoms with Crippen molar-refractivity contribution in [3.05, 3.63) is 12.3 Å². The van der Waals surface area contributed by atoms with Crippen LogP contribution in [-0.2, 0) is 18.9 Å². The van der Waals surface area contributed by atoms with Crippen molar-refractivity contribution in [3.63, 3.8) is 0 Å². The molecule has 0 saturated heterocycles. The minimum absolute atomic E-state index is 0.272. The van der Waals surface area contributed by atoms with E-state index in [1.54, 1.807) is 27.6 Å². The summed E-state index contributed by atoms with van der Waals surface area (Å²) in [6, 6.07) is 0. The summed E-state index contributed by atoms with van der Waals surface area (Å²) in [5.74, 6) is -1.14. The summed E-state index contributed by atoms with van der Waals surface area (Å²) in [6.45, 7) is 4.30.